The Morgan fingerprint density at radius 1 is 1.24 bits per heavy atom. The highest BCUT2D eigenvalue weighted by atomic mass is 32.2. The summed E-state index contributed by atoms with van der Waals surface area (Å²) in [6.07, 6.45) is 4.10. The molecule has 0 radical (unpaired) electrons. The molecule has 0 saturated carbocycles. The average molecular weight is 397 g/mol. The van der Waals surface area contributed by atoms with Crippen molar-refractivity contribution in [1.82, 2.24) is 4.31 Å². The summed E-state index contributed by atoms with van der Waals surface area (Å²) in [5, 5.41) is 4.65. The van der Waals surface area contributed by atoms with Crippen molar-refractivity contribution in [2.75, 3.05) is 18.1 Å². The zero-order valence-electron chi connectivity index (χ0n) is 13.8. The number of benzene rings is 1. The Labute approximate surface area is 156 Å². The van der Waals surface area contributed by atoms with Crippen LogP contribution in [0.4, 0.5) is 5.69 Å². The standard InChI is InChI=1S/C17H20N2O3S3/c1-23-15-9-3-2-7-13(15)18-17(20)14-8-4-5-11-19(14)25(21,22)16-10-6-12-24-16/h2-3,6-7,9-10,12,14H,4-5,8,11H2,1H3,(H,18,20). The Morgan fingerprint density at radius 2 is 2.04 bits per heavy atom. The number of amides is 1. The molecule has 1 aliphatic heterocycles. The van der Waals surface area contributed by atoms with Gasteiger partial charge in [0.15, 0.2) is 0 Å². The van der Waals surface area contributed by atoms with Crippen LogP contribution < -0.4 is 5.32 Å². The summed E-state index contributed by atoms with van der Waals surface area (Å²) in [7, 11) is -3.64. The van der Waals surface area contributed by atoms with Gasteiger partial charge in [0, 0.05) is 11.4 Å². The van der Waals surface area contributed by atoms with E-state index in [9.17, 15) is 13.2 Å². The van der Waals surface area contributed by atoms with Crippen molar-refractivity contribution in [2.24, 2.45) is 0 Å². The summed E-state index contributed by atoms with van der Waals surface area (Å²) in [4.78, 5) is 13.8. The molecule has 1 saturated heterocycles. The first-order valence-corrected chi connectivity index (χ1v) is 11.6. The van der Waals surface area contributed by atoms with Gasteiger partial charge in [0.2, 0.25) is 5.91 Å². The third kappa shape index (κ3) is 3.92. The highest BCUT2D eigenvalue weighted by Gasteiger charge is 2.38. The van der Waals surface area contributed by atoms with E-state index < -0.39 is 16.1 Å². The fourth-order valence-electron chi connectivity index (χ4n) is 2.94. The van der Waals surface area contributed by atoms with Crippen LogP contribution in [0, 0.1) is 0 Å². The first-order chi connectivity index (χ1) is 12.0. The second kappa shape index (κ2) is 7.90. The van der Waals surface area contributed by atoms with E-state index in [0.717, 1.165) is 23.4 Å². The molecule has 1 atom stereocenters. The summed E-state index contributed by atoms with van der Waals surface area (Å²) >= 11 is 2.73. The molecule has 8 heteroatoms. The van der Waals surface area contributed by atoms with E-state index in [1.807, 2.05) is 30.5 Å². The number of rotatable bonds is 5. The molecule has 1 fully saturated rings. The zero-order valence-corrected chi connectivity index (χ0v) is 16.3. The van der Waals surface area contributed by atoms with Gasteiger partial charge >= 0.3 is 0 Å². The molecule has 2 heterocycles. The number of para-hydroxylation sites is 1. The number of anilines is 1. The van der Waals surface area contributed by atoms with Crippen molar-refractivity contribution in [1.29, 1.82) is 0 Å². The van der Waals surface area contributed by atoms with Crippen LogP contribution in [0.25, 0.3) is 0 Å². The van der Waals surface area contributed by atoms with E-state index in [4.69, 9.17) is 0 Å². The second-order valence-corrected chi connectivity index (χ2v) is 9.66. The number of thiophene rings is 1. The molecule has 0 aliphatic carbocycles. The number of carbonyl (C=O) groups excluding carboxylic acids is 1. The molecule has 0 bridgehead atoms. The fourth-order valence-corrected chi connectivity index (χ4v) is 6.27. The predicted octanol–water partition coefficient (Wildman–Crippen LogP) is 3.65. The van der Waals surface area contributed by atoms with Crippen LogP contribution in [-0.4, -0.2) is 37.5 Å². The Balaban J connectivity index is 1.85. The molecule has 1 aromatic heterocycles. The molecule has 3 rings (SSSR count). The summed E-state index contributed by atoms with van der Waals surface area (Å²) in [5.74, 6) is -0.263. The first kappa shape index (κ1) is 18.4. The summed E-state index contributed by atoms with van der Waals surface area (Å²) < 4.78 is 27.4. The maximum Gasteiger partial charge on any atom is 0.253 e. The van der Waals surface area contributed by atoms with Gasteiger partial charge in [-0.1, -0.05) is 24.6 Å². The summed E-state index contributed by atoms with van der Waals surface area (Å²) in [5.41, 5.74) is 0.721. The van der Waals surface area contributed by atoms with E-state index in [2.05, 4.69) is 5.32 Å². The van der Waals surface area contributed by atoms with Gasteiger partial charge in [0.1, 0.15) is 10.3 Å². The van der Waals surface area contributed by atoms with Gasteiger partial charge in [-0.25, -0.2) is 8.42 Å². The Kier molecular flexibility index (Phi) is 5.83. The van der Waals surface area contributed by atoms with Gasteiger partial charge in [-0.15, -0.1) is 23.1 Å². The summed E-state index contributed by atoms with van der Waals surface area (Å²) in [6, 6.07) is 10.2. The van der Waals surface area contributed by atoms with Crippen molar-refractivity contribution in [2.45, 2.75) is 34.4 Å². The lowest BCUT2D eigenvalue weighted by atomic mass is 10.0. The lowest BCUT2D eigenvalue weighted by Gasteiger charge is -2.33. The minimum absolute atomic E-state index is 0.263. The predicted molar refractivity (Wildman–Crippen MR) is 103 cm³/mol. The lowest BCUT2D eigenvalue weighted by molar-refractivity contribution is -0.120. The van der Waals surface area contributed by atoms with Crippen molar-refractivity contribution in [3.63, 3.8) is 0 Å². The van der Waals surface area contributed by atoms with Crippen molar-refractivity contribution < 1.29 is 13.2 Å². The molecule has 5 nitrogen and oxygen atoms in total. The number of piperidine rings is 1. The van der Waals surface area contributed by atoms with Crippen molar-refractivity contribution in [3.05, 3.63) is 41.8 Å². The van der Waals surface area contributed by atoms with E-state index in [1.54, 1.807) is 29.3 Å². The van der Waals surface area contributed by atoms with Crippen molar-refractivity contribution >= 4 is 44.7 Å². The third-order valence-electron chi connectivity index (χ3n) is 4.18. The fraction of sp³-hybridized carbons (Fsp3) is 0.353. The molecule has 0 spiro atoms. The smallest absolute Gasteiger partial charge is 0.253 e. The average Bonchev–Trinajstić information content (AvgIpc) is 3.17. The van der Waals surface area contributed by atoms with E-state index >= 15 is 0 Å². The lowest BCUT2D eigenvalue weighted by Crippen LogP contribution is -2.49. The maximum atomic E-state index is 12.9. The minimum Gasteiger partial charge on any atom is -0.324 e. The number of hydrogen-bond acceptors (Lipinski definition) is 5. The van der Waals surface area contributed by atoms with Crippen molar-refractivity contribution in [3.8, 4) is 0 Å². The Hall–Kier alpha value is -1.35. The van der Waals surface area contributed by atoms with Crippen LogP contribution in [0.5, 0.6) is 0 Å². The molecule has 1 N–H and O–H groups in total. The first-order valence-electron chi connectivity index (χ1n) is 8.03. The van der Waals surface area contributed by atoms with E-state index in [-0.39, 0.29) is 10.1 Å². The zero-order chi connectivity index (χ0) is 17.9. The monoisotopic (exact) mass is 396 g/mol. The van der Waals surface area contributed by atoms with Crippen LogP contribution >= 0.6 is 23.1 Å². The number of thioether (sulfide) groups is 1. The van der Waals surface area contributed by atoms with Gasteiger partial charge in [0.25, 0.3) is 10.0 Å². The van der Waals surface area contributed by atoms with Crippen LogP contribution in [0.2, 0.25) is 0 Å². The molecule has 1 amide bonds. The molecule has 1 unspecified atom stereocenters. The summed E-state index contributed by atoms with van der Waals surface area (Å²) in [6.45, 7) is 0.377. The highest BCUT2D eigenvalue weighted by molar-refractivity contribution is 7.98. The highest BCUT2D eigenvalue weighted by Crippen LogP contribution is 2.30. The number of sulfonamides is 1. The number of nitrogens with zero attached hydrogens (tertiary/aromatic N) is 1. The van der Waals surface area contributed by atoms with Crippen LogP contribution in [0.3, 0.4) is 0 Å². The molecule has 1 aromatic carbocycles. The number of carbonyl (C=O) groups is 1. The van der Waals surface area contributed by atoms with Gasteiger partial charge in [-0.3, -0.25) is 4.79 Å². The molecule has 1 aliphatic rings. The van der Waals surface area contributed by atoms with Gasteiger partial charge in [-0.2, -0.15) is 4.31 Å². The van der Waals surface area contributed by atoms with E-state index in [0.29, 0.717) is 13.0 Å². The Morgan fingerprint density at radius 3 is 2.76 bits per heavy atom. The quantitative estimate of drug-likeness (QED) is 0.784. The Bertz CT molecular complexity index is 835. The molecular weight excluding hydrogens is 376 g/mol. The van der Waals surface area contributed by atoms with Crippen LogP contribution in [0.1, 0.15) is 19.3 Å². The van der Waals surface area contributed by atoms with Gasteiger partial charge in [-0.05, 0) is 42.7 Å². The number of hydrogen-bond donors (Lipinski definition) is 1. The van der Waals surface area contributed by atoms with Crippen LogP contribution in [-0.2, 0) is 14.8 Å². The number of nitrogens with one attached hydrogen (secondary N) is 1. The third-order valence-corrected chi connectivity index (χ3v) is 8.26. The van der Waals surface area contributed by atoms with Gasteiger partial charge < -0.3 is 5.32 Å². The second-order valence-electron chi connectivity index (χ2n) is 5.75. The molecule has 134 valence electrons. The normalized spacial score (nSPS) is 18.8. The SMILES string of the molecule is CSc1ccccc1NC(=O)C1CCCCN1S(=O)(=O)c1cccs1. The van der Waals surface area contributed by atoms with Crippen LogP contribution in [0.15, 0.2) is 50.9 Å². The van der Waals surface area contributed by atoms with Gasteiger partial charge in [0.05, 0.1) is 5.69 Å². The minimum atomic E-state index is -3.64. The molecular formula is C17H20N2O3S3. The molecule has 25 heavy (non-hydrogen) atoms. The molecule has 2 aromatic rings. The largest absolute Gasteiger partial charge is 0.324 e. The van der Waals surface area contributed by atoms with E-state index in [1.165, 1.54) is 15.6 Å². The topological polar surface area (TPSA) is 66.5 Å². The maximum absolute atomic E-state index is 12.9.